The van der Waals surface area contributed by atoms with Crippen LogP contribution in [-0.4, -0.2) is 28.2 Å². The highest BCUT2D eigenvalue weighted by Crippen LogP contribution is 2.25. The molecule has 1 aliphatic rings. The third-order valence-corrected chi connectivity index (χ3v) is 3.51. The van der Waals surface area contributed by atoms with E-state index in [0.29, 0.717) is 11.7 Å². The molecule has 3 rings (SSSR count). The predicted molar refractivity (Wildman–Crippen MR) is 71.8 cm³/mol. The molecule has 3 heterocycles. The summed E-state index contributed by atoms with van der Waals surface area (Å²) in [5, 5.41) is 7.43. The first-order valence-corrected chi connectivity index (χ1v) is 6.72. The van der Waals surface area contributed by atoms with Crippen molar-refractivity contribution < 1.29 is 4.52 Å². The molecule has 0 radical (unpaired) electrons. The molecule has 0 aromatic carbocycles. The first-order chi connectivity index (χ1) is 9.24. The molecule has 0 amide bonds. The summed E-state index contributed by atoms with van der Waals surface area (Å²) in [4.78, 5) is 8.92. The second kappa shape index (κ2) is 5.09. The Morgan fingerprint density at radius 2 is 2.26 bits per heavy atom. The van der Waals surface area contributed by atoms with E-state index in [1.807, 2.05) is 20.0 Å². The minimum atomic E-state index is 0.334. The maximum absolute atomic E-state index is 5.40. The molecule has 0 saturated carbocycles. The number of hydrogen-bond donors (Lipinski definition) is 1. The van der Waals surface area contributed by atoms with Gasteiger partial charge in [0.05, 0.1) is 5.92 Å². The van der Waals surface area contributed by atoms with Crippen molar-refractivity contribution in [1.29, 1.82) is 0 Å². The highest BCUT2D eigenvalue weighted by molar-refractivity contribution is 5.54. The van der Waals surface area contributed by atoms with Gasteiger partial charge in [-0.25, -0.2) is 0 Å². The van der Waals surface area contributed by atoms with Gasteiger partial charge in [-0.3, -0.25) is 4.98 Å². The predicted octanol–water partition coefficient (Wildman–Crippen LogP) is 2.22. The average Bonchev–Trinajstić information content (AvgIpc) is 2.89. The molecule has 1 saturated heterocycles. The number of rotatable bonds is 2. The standard InChI is InChI=1S/C14H18N4O/c1-9-6-10(2)12(16-7-9)13-17-14(19-18-13)11-4-3-5-15-8-11/h6-7,11,15H,3-5,8H2,1-2H3/t11-/m0/s1. The number of aryl methyl sites for hydroxylation is 2. The molecular formula is C14H18N4O. The van der Waals surface area contributed by atoms with E-state index in [1.165, 1.54) is 0 Å². The Morgan fingerprint density at radius 3 is 3.00 bits per heavy atom. The Morgan fingerprint density at radius 1 is 1.37 bits per heavy atom. The van der Waals surface area contributed by atoms with E-state index in [0.717, 1.165) is 48.6 Å². The first-order valence-electron chi connectivity index (χ1n) is 6.72. The van der Waals surface area contributed by atoms with Crippen LogP contribution in [0.25, 0.3) is 11.5 Å². The smallest absolute Gasteiger partial charge is 0.231 e. The monoisotopic (exact) mass is 258 g/mol. The lowest BCUT2D eigenvalue weighted by atomic mass is 10.00. The Labute approximate surface area is 112 Å². The molecule has 0 bridgehead atoms. The van der Waals surface area contributed by atoms with Gasteiger partial charge in [-0.05, 0) is 44.4 Å². The van der Waals surface area contributed by atoms with Gasteiger partial charge >= 0.3 is 0 Å². The van der Waals surface area contributed by atoms with Crippen molar-refractivity contribution in [2.24, 2.45) is 0 Å². The summed E-state index contributed by atoms with van der Waals surface area (Å²) in [7, 11) is 0. The van der Waals surface area contributed by atoms with Gasteiger partial charge in [-0.1, -0.05) is 11.2 Å². The second-order valence-electron chi connectivity index (χ2n) is 5.18. The third kappa shape index (κ3) is 2.51. The van der Waals surface area contributed by atoms with E-state index < -0.39 is 0 Å². The molecule has 0 aliphatic carbocycles. The molecule has 19 heavy (non-hydrogen) atoms. The van der Waals surface area contributed by atoms with Gasteiger partial charge in [0, 0.05) is 12.7 Å². The SMILES string of the molecule is Cc1cnc(-c2noc([C@H]3CCCNC3)n2)c(C)c1. The van der Waals surface area contributed by atoms with Crippen LogP contribution in [0.15, 0.2) is 16.8 Å². The van der Waals surface area contributed by atoms with E-state index in [1.54, 1.807) is 0 Å². The fraction of sp³-hybridized carbons (Fsp3) is 0.500. The normalized spacial score (nSPS) is 19.6. The molecule has 1 atom stereocenters. The lowest BCUT2D eigenvalue weighted by Crippen LogP contribution is -2.28. The number of piperidine rings is 1. The molecule has 1 aliphatic heterocycles. The summed E-state index contributed by atoms with van der Waals surface area (Å²) in [5.41, 5.74) is 3.03. The molecule has 0 unspecified atom stereocenters. The highest BCUT2D eigenvalue weighted by Gasteiger charge is 2.22. The molecule has 1 N–H and O–H groups in total. The van der Waals surface area contributed by atoms with Crippen molar-refractivity contribution in [2.75, 3.05) is 13.1 Å². The molecule has 2 aromatic rings. The van der Waals surface area contributed by atoms with Crippen molar-refractivity contribution in [3.63, 3.8) is 0 Å². The average molecular weight is 258 g/mol. The van der Waals surface area contributed by atoms with Crippen LogP contribution in [0.3, 0.4) is 0 Å². The second-order valence-corrected chi connectivity index (χ2v) is 5.18. The van der Waals surface area contributed by atoms with Crippen molar-refractivity contribution in [3.05, 3.63) is 29.3 Å². The number of hydrogen-bond acceptors (Lipinski definition) is 5. The van der Waals surface area contributed by atoms with Crippen LogP contribution >= 0.6 is 0 Å². The molecule has 100 valence electrons. The highest BCUT2D eigenvalue weighted by atomic mass is 16.5. The van der Waals surface area contributed by atoms with Crippen LogP contribution < -0.4 is 5.32 Å². The number of pyridine rings is 1. The summed E-state index contributed by atoms with van der Waals surface area (Å²) in [6, 6.07) is 2.08. The first kappa shape index (κ1) is 12.3. The molecular weight excluding hydrogens is 240 g/mol. The van der Waals surface area contributed by atoms with Gasteiger partial charge in [0.2, 0.25) is 11.7 Å². The molecule has 5 heteroatoms. The Bertz CT molecular complexity index is 573. The maximum Gasteiger partial charge on any atom is 0.231 e. The van der Waals surface area contributed by atoms with Crippen LogP contribution in [-0.2, 0) is 0 Å². The zero-order valence-electron chi connectivity index (χ0n) is 11.3. The van der Waals surface area contributed by atoms with Gasteiger partial charge < -0.3 is 9.84 Å². The lowest BCUT2D eigenvalue weighted by Gasteiger charge is -2.18. The Kier molecular flexibility index (Phi) is 3.29. The number of nitrogens with zero attached hydrogens (tertiary/aromatic N) is 3. The summed E-state index contributed by atoms with van der Waals surface area (Å²) >= 11 is 0. The Hall–Kier alpha value is -1.75. The van der Waals surface area contributed by atoms with E-state index in [9.17, 15) is 0 Å². The minimum absolute atomic E-state index is 0.334. The van der Waals surface area contributed by atoms with Crippen LogP contribution in [0.4, 0.5) is 0 Å². The zero-order chi connectivity index (χ0) is 13.2. The van der Waals surface area contributed by atoms with Gasteiger partial charge in [-0.15, -0.1) is 0 Å². The van der Waals surface area contributed by atoms with Crippen LogP contribution in [0.1, 0.15) is 35.8 Å². The largest absolute Gasteiger partial charge is 0.339 e. The molecule has 2 aromatic heterocycles. The minimum Gasteiger partial charge on any atom is -0.339 e. The zero-order valence-corrected chi connectivity index (χ0v) is 11.3. The van der Waals surface area contributed by atoms with E-state index in [2.05, 4.69) is 26.5 Å². The van der Waals surface area contributed by atoms with Gasteiger partial charge in [0.1, 0.15) is 5.69 Å². The van der Waals surface area contributed by atoms with Crippen molar-refractivity contribution >= 4 is 0 Å². The van der Waals surface area contributed by atoms with Crippen molar-refractivity contribution in [3.8, 4) is 11.5 Å². The van der Waals surface area contributed by atoms with Gasteiger partial charge in [0.15, 0.2) is 0 Å². The van der Waals surface area contributed by atoms with Gasteiger partial charge in [-0.2, -0.15) is 4.98 Å². The maximum atomic E-state index is 5.40. The summed E-state index contributed by atoms with van der Waals surface area (Å²) in [6.45, 7) is 6.05. The summed E-state index contributed by atoms with van der Waals surface area (Å²) in [6.07, 6.45) is 4.10. The molecule has 0 spiro atoms. The van der Waals surface area contributed by atoms with Crippen LogP contribution in [0.5, 0.6) is 0 Å². The fourth-order valence-electron chi connectivity index (χ4n) is 2.51. The summed E-state index contributed by atoms with van der Waals surface area (Å²) in [5.74, 6) is 1.66. The fourth-order valence-corrected chi connectivity index (χ4v) is 2.51. The van der Waals surface area contributed by atoms with E-state index >= 15 is 0 Å². The topological polar surface area (TPSA) is 63.8 Å². The lowest BCUT2D eigenvalue weighted by molar-refractivity contribution is 0.322. The quantitative estimate of drug-likeness (QED) is 0.894. The number of nitrogens with one attached hydrogen (secondary N) is 1. The third-order valence-electron chi connectivity index (χ3n) is 3.51. The molecule has 5 nitrogen and oxygen atoms in total. The van der Waals surface area contributed by atoms with Gasteiger partial charge in [0.25, 0.3) is 0 Å². The number of aromatic nitrogens is 3. The molecule has 1 fully saturated rings. The van der Waals surface area contributed by atoms with Crippen LogP contribution in [0.2, 0.25) is 0 Å². The van der Waals surface area contributed by atoms with Crippen molar-refractivity contribution in [2.45, 2.75) is 32.6 Å². The van der Waals surface area contributed by atoms with Crippen LogP contribution in [0, 0.1) is 13.8 Å². The van der Waals surface area contributed by atoms with E-state index in [-0.39, 0.29) is 0 Å². The van der Waals surface area contributed by atoms with Crippen molar-refractivity contribution in [1.82, 2.24) is 20.4 Å². The Balaban J connectivity index is 1.87. The van der Waals surface area contributed by atoms with E-state index in [4.69, 9.17) is 4.52 Å². The summed E-state index contributed by atoms with van der Waals surface area (Å²) < 4.78 is 5.40.